The van der Waals surface area contributed by atoms with Gasteiger partial charge in [0.1, 0.15) is 23.5 Å². The average Bonchev–Trinajstić information content (AvgIpc) is 4.06. The minimum Gasteiger partial charge on any atom is -0.454 e. The standard InChI is InChI=1S/2C20H14BrClFN5O2S/c21-12-6-14-15(30-9-29-14)7-16(12)31-20-26-17-18(24)25-8-28(19(17)27-20)4-3-10-1-2-11(22)5-13(10)23;21-12-6-14-15(30-9-29-14)7-16(12)31-20-27-17-18(24)25-8-26-19(17)28(20)4-3-10-1-2-11(22)5-13(10)23/h1-2,5-8,24H,3-4,9H2,(H,26,27);1-2,5-8H,3-4,9H2,(H2,24,25,26). The topological polar surface area (TPSA) is 177 Å². The third-order valence-electron chi connectivity index (χ3n) is 9.54. The predicted molar refractivity (Wildman–Crippen MR) is 236 cm³/mol. The Morgan fingerprint density at radius 1 is 0.742 bits per heavy atom. The normalized spacial score (nSPS) is 12.6. The summed E-state index contributed by atoms with van der Waals surface area (Å²) >= 11 is 21.6. The summed E-state index contributed by atoms with van der Waals surface area (Å²) in [5.41, 5.74) is 9.39. The number of nitrogens with zero attached hydrogens (tertiary/aromatic N) is 7. The molecule has 2 aliphatic heterocycles. The van der Waals surface area contributed by atoms with Crippen molar-refractivity contribution in [2.45, 2.75) is 46.0 Å². The smallest absolute Gasteiger partial charge is 0.231 e. The minimum atomic E-state index is -0.348. The summed E-state index contributed by atoms with van der Waals surface area (Å²) in [5, 5.41) is 10.1. The molecule has 0 saturated heterocycles. The van der Waals surface area contributed by atoms with E-state index in [1.165, 1.54) is 42.0 Å². The maximum Gasteiger partial charge on any atom is 0.231 e. The second-order valence-corrected chi connectivity index (χ2v) is 18.1. The Hall–Kier alpha value is -5.12. The molecule has 0 saturated carbocycles. The number of nitrogen functional groups attached to an aromatic ring is 1. The number of imidazole rings is 2. The summed E-state index contributed by atoms with van der Waals surface area (Å²) in [6.45, 7) is 1.27. The van der Waals surface area contributed by atoms with Gasteiger partial charge in [0.15, 0.2) is 61.4 Å². The summed E-state index contributed by atoms with van der Waals surface area (Å²) in [5.74, 6) is 2.29. The SMILES string of the molecule is N=c1ncn(CCc2ccc(Cl)cc2F)c2nc(Sc3cc4c(cc3Br)OCO4)[nH]c12.Nc1ncnc2c1nc(Sc1cc3c(cc1Br)OCO3)n2CCc1ccc(Cl)cc1F. The van der Waals surface area contributed by atoms with Crippen LogP contribution in [-0.4, -0.2) is 52.6 Å². The van der Waals surface area contributed by atoms with Gasteiger partial charge in [0.25, 0.3) is 0 Å². The molecule has 0 amide bonds. The summed E-state index contributed by atoms with van der Waals surface area (Å²) in [6, 6.07) is 16.8. The Morgan fingerprint density at radius 3 is 1.94 bits per heavy atom. The number of ether oxygens (including phenoxy) is 4. The van der Waals surface area contributed by atoms with Crippen LogP contribution in [0.15, 0.2) is 102 Å². The number of fused-ring (bicyclic) bond motifs is 4. The molecule has 6 heterocycles. The molecule has 22 heteroatoms. The summed E-state index contributed by atoms with van der Waals surface area (Å²) < 4.78 is 55.5. The maximum absolute atomic E-state index is 14.3. The zero-order chi connectivity index (χ0) is 43.1. The van der Waals surface area contributed by atoms with Gasteiger partial charge in [-0.3, -0.25) is 5.41 Å². The zero-order valence-electron chi connectivity index (χ0n) is 31.6. The van der Waals surface area contributed by atoms with Crippen molar-refractivity contribution in [3.05, 3.63) is 121 Å². The third kappa shape index (κ3) is 8.89. The third-order valence-corrected chi connectivity index (χ3v) is 13.8. The molecule has 0 bridgehead atoms. The molecule has 0 unspecified atom stereocenters. The maximum atomic E-state index is 14.3. The van der Waals surface area contributed by atoms with Crippen molar-refractivity contribution in [1.29, 1.82) is 5.41 Å². The molecular weight excluding hydrogens is 1020 g/mol. The summed E-state index contributed by atoms with van der Waals surface area (Å²) in [6.07, 6.45) is 3.80. The average molecular weight is 1050 g/mol. The lowest BCUT2D eigenvalue weighted by Gasteiger charge is -2.10. The lowest BCUT2D eigenvalue weighted by atomic mass is 10.1. The van der Waals surface area contributed by atoms with Gasteiger partial charge in [0.05, 0.1) is 6.33 Å². The van der Waals surface area contributed by atoms with Crippen LogP contribution < -0.4 is 30.2 Å². The molecule has 0 aliphatic carbocycles. The van der Waals surface area contributed by atoms with Crippen LogP contribution in [0.25, 0.3) is 22.3 Å². The van der Waals surface area contributed by atoms with Crippen molar-refractivity contribution in [2.75, 3.05) is 19.3 Å². The number of halogens is 6. The minimum absolute atomic E-state index is 0.0908. The number of rotatable bonds is 10. The molecular formula is C40H28Br2Cl2F2N10O4S2. The van der Waals surface area contributed by atoms with Crippen LogP contribution in [0.3, 0.4) is 0 Å². The van der Waals surface area contributed by atoms with E-state index in [0.29, 0.717) is 103 Å². The Morgan fingerprint density at radius 2 is 1.32 bits per heavy atom. The van der Waals surface area contributed by atoms with E-state index in [-0.39, 0.29) is 36.5 Å². The first kappa shape index (κ1) is 42.2. The van der Waals surface area contributed by atoms with Gasteiger partial charge in [-0.05, 0) is 104 Å². The number of hydrogen-bond acceptors (Lipinski definition) is 13. The molecule has 0 atom stereocenters. The van der Waals surface area contributed by atoms with Crippen molar-refractivity contribution in [3.63, 3.8) is 0 Å². The van der Waals surface area contributed by atoms with Gasteiger partial charge >= 0.3 is 0 Å². The van der Waals surface area contributed by atoms with Crippen molar-refractivity contribution < 1.29 is 27.7 Å². The molecule has 0 radical (unpaired) electrons. The van der Waals surface area contributed by atoms with Crippen LogP contribution in [0, 0.1) is 17.0 Å². The predicted octanol–water partition coefficient (Wildman–Crippen LogP) is 10.0. The molecule has 4 N–H and O–H groups in total. The van der Waals surface area contributed by atoms with Gasteiger partial charge in [-0.1, -0.05) is 58.9 Å². The zero-order valence-corrected chi connectivity index (χ0v) is 37.9. The van der Waals surface area contributed by atoms with Gasteiger partial charge in [-0.2, -0.15) is 0 Å². The van der Waals surface area contributed by atoms with Gasteiger partial charge in [-0.15, -0.1) is 0 Å². The fourth-order valence-electron chi connectivity index (χ4n) is 6.47. The number of aromatic nitrogens is 8. The number of anilines is 1. The van der Waals surface area contributed by atoms with E-state index in [1.54, 1.807) is 35.2 Å². The Labute approximate surface area is 385 Å². The number of hydrogen-bond donors (Lipinski definition) is 3. The molecule has 62 heavy (non-hydrogen) atoms. The van der Waals surface area contributed by atoms with Crippen LogP contribution >= 0.6 is 78.6 Å². The van der Waals surface area contributed by atoms with Crippen molar-refractivity contribution in [1.82, 2.24) is 39.0 Å². The van der Waals surface area contributed by atoms with Gasteiger partial charge in [0.2, 0.25) is 13.6 Å². The largest absolute Gasteiger partial charge is 0.454 e. The molecule has 8 aromatic rings. The van der Waals surface area contributed by atoms with E-state index >= 15 is 0 Å². The van der Waals surface area contributed by atoms with Crippen molar-refractivity contribution in [3.8, 4) is 23.0 Å². The summed E-state index contributed by atoms with van der Waals surface area (Å²) in [7, 11) is 0. The van der Waals surface area contributed by atoms with Gasteiger partial charge in [0, 0.05) is 41.9 Å². The Balaban J connectivity index is 0.000000158. The van der Waals surface area contributed by atoms with Gasteiger partial charge in [-0.25, -0.2) is 33.7 Å². The quantitative estimate of drug-likeness (QED) is 0.118. The molecule has 0 spiro atoms. The van der Waals surface area contributed by atoms with E-state index < -0.39 is 0 Å². The molecule has 4 aromatic carbocycles. The van der Waals surface area contributed by atoms with Crippen molar-refractivity contribution in [2.24, 2.45) is 0 Å². The van der Waals surface area contributed by atoms with Crippen LogP contribution in [0.4, 0.5) is 14.6 Å². The number of nitrogens with two attached hydrogens (primary N) is 1. The Kier molecular flexibility index (Phi) is 12.2. The second-order valence-electron chi connectivity index (χ2n) is 13.5. The molecule has 14 nitrogen and oxygen atoms in total. The van der Waals surface area contributed by atoms with Crippen LogP contribution in [-0.2, 0) is 25.9 Å². The second kappa shape index (κ2) is 17.9. The molecule has 2 aliphatic rings. The van der Waals surface area contributed by atoms with E-state index in [9.17, 15) is 8.78 Å². The molecule has 316 valence electrons. The summed E-state index contributed by atoms with van der Waals surface area (Å²) in [4.78, 5) is 26.8. The molecule has 4 aromatic heterocycles. The highest BCUT2D eigenvalue weighted by atomic mass is 79.9. The first-order valence-electron chi connectivity index (χ1n) is 18.4. The first-order chi connectivity index (χ1) is 30.0. The number of H-pyrrole nitrogens is 1. The van der Waals surface area contributed by atoms with Crippen LogP contribution in [0.1, 0.15) is 11.1 Å². The molecule has 10 rings (SSSR count). The highest BCUT2D eigenvalue weighted by molar-refractivity contribution is 9.10. The molecule has 0 fully saturated rings. The fraction of sp³-hybridized carbons (Fsp3) is 0.150. The Bertz CT molecular complexity index is 3100. The van der Waals surface area contributed by atoms with E-state index in [4.69, 9.17) is 53.3 Å². The number of aromatic amines is 1. The first-order valence-corrected chi connectivity index (χ1v) is 22.3. The monoisotopic (exact) mass is 1040 g/mol. The highest BCUT2D eigenvalue weighted by Gasteiger charge is 2.22. The number of nitrogens with one attached hydrogen (secondary N) is 2. The lowest BCUT2D eigenvalue weighted by Crippen LogP contribution is -2.13. The van der Waals surface area contributed by atoms with E-state index in [2.05, 4.69) is 61.8 Å². The highest BCUT2D eigenvalue weighted by Crippen LogP contribution is 2.44. The van der Waals surface area contributed by atoms with E-state index in [0.717, 1.165) is 18.7 Å². The van der Waals surface area contributed by atoms with Crippen LogP contribution in [0.5, 0.6) is 23.0 Å². The van der Waals surface area contributed by atoms with Gasteiger partial charge < -0.3 is 38.8 Å². The fourth-order valence-corrected chi connectivity index (χ4v) is 9.67. The van der Waals surface area contributed by atoms with Crippen LogP contribution in [0.2, 0.25) is 10.0 Å². The van der Waals surface area contributed by atoms with Crippen molar-refractivity contribution >= 4 is 107 Å². The number of benzene rings is 4. The number of aryl methyl sites for hydroxylation is 4. The van der Waals surface area contributed by atoms with E-state index in [1.807, 2.05) is 28.8 Å². The lowest BCUT2D eigenvalue weighted by molar-refractivity contribution is 0.173.